The Labute approximate surface area is 240 Å². The summed E-state index contributed by atoms with van der Waals surface area (Å²) in [5.74, 6) is 1.61. The van der Waals surface area contributed by atoms with Crippen molar-refractivity contribution in [3.05, 3.63) is 119 Å². The SMILES string of the molecule is CCOc1ccc(C(C)CN(Cc2ccccc2)C(=O)c2cc3sccc3n2Cc2ccccc2)cc1OCC. The minimum Gasteiger partial charge on any atom is -0.490 e. The summed E-state index contributed by atoms with van der Waals surface area (Å²) in [4.78, 5) is 16.4. The maximum Gasteiger partial charge on any atom is 0.270 e. The van der Waals surface area contributed by atoms with Crippen LogP contribution in [-0.2, 0) is 13.1 Å². The first kappa shape index (κ1) is 27.5. The van der Waals surface area contributed by atoms with Crippen LogP contribution in [0.5, 0.6) is 11.5 Å². The van der Waals surface area contributed by atoms with Gasteiger partial charge >= 0.3 is 0 Å². The molecule has 6 heteroatoms. The molecule has 0 saturated carbocycles. The molecule has 5 rings (SSSR count). The predicted molar refractivity (Wildman–Crippen MR) is 164 cm³/mol. The second kappa shape index (κ2) is 12.9. The van der Waals surface area contributed by atoms with Crippen LogP contribution in [0.1, 0.15) is 53.9 Å². The van der Waals surface area contributed by atoms with Gasteiger partial charge < -0.3 is 18.9 Å². The van der Waals surface area contributed by atoms with Gasteiger partial charge in [-0.15, -0.1) is 11.3 Å². The summed E-state index contributed by atoms with van der Waals surface area (Å²) in [6, 6.07) is 30.8. The van der Waals surface area contributed by atoms with E-state index >= 15 is 0 Å². The van der Waals surface area contributed by atoms with Gasteiger partial charge in [0, 0.05) is 19.6 Å². The van der Waals surface area contributed by atoms with Gasteiger partial charge in [0.2, 0.25) is 0 Å². The largest absolute Gasteiger partial charge is 0.490 e. The molecule has 0 aliphatic rings. The van der Waals surface area contributed by atoms with E-state index in [1.54, 1.807) is 11.3 Å². The molecular weight excluding hydrogens is 516 g/mol. The van der Waals surface area contributed by atoms with Gasteiger partial charge in [0.1, 0.15) is 5.69 Å². The highest BCUT2D eigenvalue weighted by Gasteiger charge is 2.25. The van der Waals surface area contributed by atoms with E-state index < -0.39 is 0 Å². The summed E-state index contributed by atoms with van der Waals surface area (Å²) < 4.78 is 14.9. The van der Waals surface area contributed by atoms with Crippen LogP contribution in [0.4, 0.5) is 0 Å². The predicted octanol–water partition coefficient (Wildman–Crippen LogP) is 7.99. The lowest BCUT2D eigenvalue weighted by molar-refractivity contribution is 0.0724. The fourth-order valence-electron chi connectivity index (χ4n) is 5.09. The molecule has 1 atom stereocenters. The second-order valence-corrected chi connectivity index (χ2v) is 10.9. The zero-order chi connectivity index (χ0) is 27.9. The van der Waals surface area contributed by atoms with E-state index in [0.717, 1.165) is 38.5 Å². The number of benzene rings is 3. The first-order chi connectivity index (χ1) is 19.6. The molecule has 1 amide bonds. The quantitative estimate of drug-likeness (QED) is 0.158. The monoisotopic (exact) mass is 552 g/mol. The third-order valence-corrected chi connectivity index (χ3v) is 7.91. The van der Waals surface area contributed by atoms with Crippen LogP contribution in [0.2, 0.25) is 0 Å². The van der Waals surface area contributed by atoms with Gasteiger partial charge in [-0.25, -0.2) is 0 Å². The van der Waals surface area contributed by atoms with E-state index in [9.17, 15) is 4.79 Å². The third kappa shape index (κ3) is 6.23. The van der Waals surface area contributed by atoms with Gasteiger partial charge in [-0.2, -0.15) is 0 Å². The number of thiophene rings is 1. The summed E-state index contributed by atoms with van der Waals surface area (Å²) in [6.45, 7) is 8.99. The number of fused-ring (bicyclic) bond motifs is 1. The Balaban J connectivity index is 1.48. The van der Waals surface area contributed by atoms with E-state index in [4.69, 9.17) is 9.47 Å². The zero-order valence-corrected chi connectivity index (χ0v) is 24.2. The van der Waals surface area contributed by atoms with Crippen molar-refractivity contribution in [2.75, 3.05) is 19.8 Å². The minimum absolute atomic E-state index is 0.0333. The van der Waals surface area contributed by atoms with Crippen molar-refractivity contribution in [1.29, 1.82) is 0 Å². The molecule has 2 heterocycles. The summed E-state index contributed by atoms with van der Waals surface area (Å²) in [5.41, 5.74) is 5.19. The number of ether oxygens (including phenoxy) is 2. The van der Waals surface area contributed by atoms with Crippen LogP contribution >= 0.6 is 11.3 Å². The topological polar surface area (TPSA) is 43.7 Å². The van der Waals surface area contributed by atoms with Crippen molar-refractivity contribution in [3.63, 3.8) is 0 Å². The van der Waals surface area contributed by atoms with E-state index in [-0.39, 0.29) is 11.8 Å². The minimum atomic E-state index is 0.0333. The molecule has 0 saturated heterocycles. The van der Waals surface area contributed by atoms with Crippen LogP contribution in [-0.4, -0.2) is 35.1 Å². The van der Waals surface area contributed by atoms with Crippen LogP contribution in [0.15, 0.2) is 96.4 Å². The first-order valence-electron chi connectivity index (χ1n) is 13.9. The van der Waals surface area contributed by atoms with Crippen LogP contribution in [0.3, 0.4) is 0 Å². The number of amides is 1. The molecular formula is C34H36N2O3S. The summed E-state index contributed by atoms with van der Waals surface area (Å²) >= 11 is 1.67. The molecule has 1 unspecified atom stereocenters. The fraction of sp³-hybridized carbons (Fsp3) is 0.265. The highest BCUT2D eigenvalue weighted by atomic mass is 32.1. The molecule has 0 aliphatic carbocycles. The molecule has 5 nitrogen and oxygen atoms in total. The Morgan fingerprint density at radius 3 is 2.23 bits per heavy atom. The second-order valence-electron chi connectivity index (χ2n) is 9.92. The summed E-state index contributed by atoms with van der Waals surface area (Å²) in [7, 11) is 0. The molecule has 3 aromatic carbocycles. The molecule has 0 radical (unpaired) electrons. The smallest absolute Gasteiger partial charge is 0.270 e. The number of hydrogen-bond donors (Lipinski definition) is 0. The Bertz CT molecular complexity index is 1540. The lowest BCUT2D eigenvalue weighted by Crippen LogP contribution is -2.35. The molecule has 0 aliphatic heterocycles. The molecule has 0 bridgehead atoms. The fourth-order valence-corrected chi connectivity index (χ4v) is 5.91. The van der Waals surface area contributed by atoms with E-state index in [1.165, 1.54) is 5.56 Å². The molecule has 206 valence electrons. The number of carbonyl (C=O) groups is 1. The highest BCUT2D eigenvalue weighted by molar-refractivity contribution is 7.17. The first-order valence-corrected chi connectivity index (χ1v) is 14.8. The van der Waals surface area contributed by atoms with Crippen molar-refractivity contribution < 1.29 is 14.3 Å². The summed E-state index contributed by atoms with van der Waals surface area (Å²) in [5, 5.41) is 2.09. The van der Waals surface area contributed by atoms with Gasteiger partial charge in [0.05, 0.1) is 23.4 Å². The Morgan fingerprint density at radius 2 is 1.52 bits per heavy atom. The van der Waals surface area contributed by atoms with Crippen molar-refractivity contribution in [1.82, 2.24) is 9.47 Å². The maximum absolute atomic E-state index is 14.4. The van der Waals surface area contributed by atoms with Crippen molar-refractivity contribution >= 4 is 27.5 Å². The van der Waals surface area contributed by atoms with Gasteiger partial charge in [-0.05, 0) is 66.1 Å². The van der Waals surface area contributed by atoms with Gasteiger partial charge in [0.25, 0.3) is 5.91 Å². The number of rotatable bonds is 12. The summed E-state index contributed by atoms with van der Waals surface area (Å²) in [6.07, 6.45) is 0. The number of hydrogen-bond acceptors (Lipinski definition) is 4. The van der Waals surface area contributed by atoms with E-state index in [2.05, 4.69) is 65.4 Å². The third-order valence-electron chi connectivity index (χ3n) is 7.06. The Hall–Kier alpha value is -4.03. The number of aromatic nitrogens is 1. The van der Waals surface area contributed by atoms with Crippen LogP contribution < -0.4 is 9.47 Å². The van der Waals surface area contributed by atoms with E-state index in [0.29, 0.717) is 32.8 Å². The molecule has 5 aromatic rings. The number of carbonyl (C=O) groups excluding carboxylic acids is 1. The zero-order valence-electron chi connectivity index (χ0n) is 23.4. The van der Waals surface area contributed by atoms with Gasteiger partial charge in [-0.3, -0.25) is 4.79 Å². The van der Waals surface area contributed by atoms with Gasteiger partial charge in [0.15, 0.2) is 11.5 Å². The average Bonchev–Trinajstić information content (AvgIpc) is 3.57. The Kier molecular flexibility index (Phi) is 8.87. The molecule has 2 aromatic heterocycles. The average molecular weight is 553 g/mol. The molecule has 0 fully saturated rings. The number of nitrogens with zero attached hydrogens (tertiary/aromatic N) is 2. The lowest BCUT2D eigenvalue weighted by atomic mass is 9.99. The molecule has 0 spiro atoms. The Morgan fingerprint density at radius 1 is 0.850 bits per heavy atom. The van der Waals surface area contributed by atoms with E-state index in [1.807, 2.05) is 61.2 Å². The van der Waals surface area contributed by atoms with Crippen LogP contribution in [0, 0.1) is 0 Å². The van der Waals surface area contributed by atoms with Gasteiger partial charge in [-0.1, -0.05) is 73.7 Å². The van der Waals surface area contributed by atoms with Crippen molar-refractivity contribution in [3.8, 4) is 11.5 Å². The van der Waals surface area contributed by atoms with Crippen LogP contribution in [0.25, 0.3) is 10.2 Å². The maximum atomic E-state index is 14.4. The molecule has 0 N–H and O–H groups in total. The normalized spacial score (nSPS) is 11.9. The lowest BCUT2D eigenvalue weighted by Gasteiger charge is -2.27. The van der Waals surface area contributed by atoms with Crippen molar-refractivity contribution in [2.45, 2.75) is 39.8 Å². The highest BCUT2D eigenvalue weighted by Crippen LogP contribution is 2.33. The van der Waals surface area contributed by atoms with Crippen molar-refractivity contribution in [2.24, 2.45) is 0 Å². The molecule has 40 heavy (non-hydrogen) atoms. The standard InChI is InChI=1S/C34H36N2O3S/c1-4-38-31-17-16-28(20-32(31)39-5-2)25(3)22-35(23-26-12-8-6-9-13-26)34(37)30-21-33-29(18-19-40-33)36(30)24-27-14-10-7-11-15-27/h6-21,25H,4-5,22-24H2,1-3H3.